The first kappa shape index (κ1) is 26.2. The van der Waals surface area contributed by atoms with Gasteiger partial charge in [-0.15, -0.1) is 0 Å². The van der Waals surface area contributed by atoms with Crippen molar-refractivity contribution in [2.45, 2.75) is 143 Å². The number of epoxide rings is 1. The maximum absolute atomic E-state index is 12.1. The average Bonchev–Trinajstić information content (AvgIpc) is 3.57. The van der Waals surface area contributed by atoms with Gasteiger partial charge in [-0.25, -0.2) is 0 Å². The van der Waals surface area contributed by atoms with Crippen LogP contribution in [0.15, 0.2) is 0 Å². The lowest BCUT2D eigenvalue weighted by Gasteiger charge is -2.68. The summed E-state index contributed by atoms with van der Waals surface area (Å²) in [7, 11) is 0. The van der Waals surface area contributed by atoms with E-state index in [0.29, 0.717) is 17.8 Å². The second-order valence-corrected chi connectivity index (χ2v) is 16.3. The lowest BCUT2D eigenvalue weighted by molar-refractivity contribution is -0.246. The van der Waals surface area contributed by atoms with Crippen molar-refractivity contribution >= 4 is 5.97 Å². The van der Waals surface area contributed by atoms with Gasteiger partial charge >= 0.3 is 5.97 Å². The Bertz CT molecular complexity index is 1040. The molecule has 2 saturated heterocycles. The molecule has 2 heterocycles. The summed E-state index contributed by atoms with van der Waals surface area (Å²) in [6.07, 6.45) is 8.51. The summed E-state index contributed by atoms with van der Waals surface area (Å²) in [5.74, 6) is 1.24. The number of carbonyl (C=O) groups excluding carboxylic acids is 1. The summed E-state index contributed by atoms with van der Waals surface area (Å²) in [5.41, 5.74) is 0.130. The van der Waals surface area contributed by atoms with Crippen LogP contribution in [0.3, 0.4) is 0 Å². The van der Waals surface area contributed by atoms with Gasteiger partial charge in [-0.1, -0.05) is 27.7 Å². The molecular formula is C32H50O6. The van der Waals surface area contributed by atoms with E-state index in [4.69, 9.17) is 14.2 Å². The lowest BCUT2D eigenvalue weighted by Crippen LogP contribution is -2.66. The molecule has 0 bridgehead atoms. The monoisotopic (exact) mass is 530 g/mol. The number of carbonyl (C=O) groups is 1. The number of fused-ring (bicyclic) bond motifs is 3. The molecular weight excluding hydrogens is 480 g/mol. The quantitative estimate of drug-likeness (QED) is 0.384. The molecule has 6 heteroatoms. The maximum atomic E-state index is 12.1. The number of rotatable bonds is 3. The highest BCUT2D eigenvalue weighted by Gasteiger charge is 2.86. The van der Waals surface area contributed by atoms with Crippen LogP contribution in [0.4, 0.5) is 0 Å². The summed E-state index contributed by atoms with van der Waals surface area (Å²) in [6, 6.07) is 0. The first-order valence-electron chi connectivity index (χ1n) is 15.5. The molecule has 0 amide bonds. The van der Waals surface area contributed by atoms with E-state index in [0.717, 1.165) is 38.5 Å². The molecule has 6 nitrogen and oxygen atoms in total. The first-order valence-corrected chi connectivity index (χ1v) is 15.5. The van der Waals surface area contributed by atoms with Crippen LogP contribution in [0.25, 0.3) is 0 Å². The van der Waals surface area contributed by atoms with Crippen LogP contribution >= 0.6 is 0 Å². The molecule has 5 saturated carbocycles. The van der Waals surface area contributed by atoms with Crippen molar-refractivity contribution < 1.29 is 29.2 Å². The third kappa shape index (κ3) is 2.97. The summed E-state index contributed by atoms with van der Waals surface area (Å²) in [5, 5.41) is 23.3. The van der Waals surface area contributed by atoms with E-state index in [1.54, 1.807) is 0 Å². The molecule has 0 aromatic heterocycles. The number of aliphatic hydroxyl groups is 2. The van der Waals surface area contributed by atoms with Crippen molar-refractivity contribution in [3.05, 3.63) is 0 Å². The van der Waals surface area contributed by atoms with Gasteiger partial charge in [0, 0.05) is 23.7 Å². The van der Waals surface area contributed by atoms with Gasteiger partial charge in [0.1, 0.15) is 12.2 Å². The van der Waals surface area contributed by atoms with Crippen LogP contribution < -0.4 is 0 Å². The van der Waals surface area contributed by atoms with Gasteiger partial charge in [0.25, 0.3) is 0 Å². The number of hydrogen-bond acceptors (Lipinski definition) is 6. The fourth-order valence-electron chi connectivity index (χ4n) is 12.8. The fourth-order valence-corrected chi connectivity index (χ4v) is 12.8. The molecule has 5 aliphatic carbocycles. The van der Waals surface area contributed by atoms with Crippen LogP contribution in [-0.4, -0.2) is 52.5 Å². The molecule has 214 valence electrons. The number of esters is 1. The summed E-state index contributed by atoms with van der Waals surface area (Å²) in [4.78, 5) is 11.9. The van der Waals surface area contributed by atoms with Crippen molar-refractivity contribution in [2.75, 3.05) is 0 Å². The summed E-state index contributed by atoms with van der Waals surface area (Å²) >= 11 is 0. The van der Waals surface area contributed by atoms with Crippen molar-refractivity contribution in [1.29, 1.82) is 0 Å². The number of aliphatic hydroxyl groups excluding tert-OH is 2. The normalized spacial score (nSPS) is 59.2. The van der Waals surface area contributed by atoms with E-state index in [-0.39, 0.29) is 69.0 Å². The molecule has 7 rings (SSSR count). The van der Waals surface area contributed by atoms with Gasteiger partial charge in [-0.3, -0.25) is 4.79 Å². The zero-order valence-electron chi connectivity index (χ0n) is 24.6. The van der Waals surface area contributed by atoms with Gasteiger partial charge in [0.05, 0.1) is 17.8 Å². The third-order valence-electron chi connectivity index (χ3n) is 14.5. The Morgan fingerprint density at radius 1 is 0.921 bits per heavy atom. The Morgan fingerprint density at radius 3 is 2.29 bits per heavy atom. The molecule has 0 radical (unpaired) electrons. The zero-order chi connectivity index (χ0) is 27.3. The second-order valence-electron chi connectivity index (χ2n) is 16.3. The number of ether oxygens (including phenoxy) is 3. The SMILES string of the molecule is CC(=O)O[C@@H]1CC[C@]2(C)[C@H]3CC[C@]45C[C@]4(CC[C@H]5[C@H]4C[C@H]([C@H]5OC5(C)C)O[C@@H]4O)[C@]3(C)[C@H](O)C[C@H]2C1(C)C. The minimum absolute atomic E-state index is 0.00310. The highest BCUT2D eigenvalue weighted by Crippen LogP contribution is 2.91. The van der Waals surface area contributed by atoms with E-state index >= 15 is 0 Å². The Balaban J connectivity index is 1.17. The van der Waals surface area contributed by atoms with Gasteiger partial charge in [-0.05, 0) is 106 Å². The summed E-state index contributed by atoms with van der Waals surface area (Å²) < 4.78 is 17.9. The van der Waals surface area contributed by atoms with Crippen LogP contribution in [0.5, 0.6) is 0 Å². The highest BCUT2D eigenvalue weighted by atomic mass is 16.7. The van der Waals surface area contributed by atoms with Crippen molar-refractivity contribution in [1.82, 2.24) is 0 Å². The molecule has 0 unspecified atom stereocenters. The van der Waals surface area contributed by atoms with E-state index in [9.17, 15) is 15.0 Å². The molecule has 2 aliphatic heterocycles. The Labute approximate surface area is 228 Å². The van der Waals surface area contributed by atoms with Gasteiger partial charge in [-0.2, -0.15) is 0 Å². The van der Waals surface area contributed by atoms with Crippen LogP contribution in [-0.2, 0) is 19.0 Å². The van der Waals surface area contributed by atoms with E-state index in [1.165, 1.54) is 26.2 Å². The standard InChI is InChI=1S/C32H50O6/c1-17(33)36-24-10-11-29(6)21-9-12-31-16-32(31,30(21,7)23(34)15-22(29)27(24,2)3)13-8-19(31)18-14-20(37-26(18)35)25-28(4,5)38-25/h18-26,34-35H,8-16H2,1-7H3/t18-,19+,20-,21-,22+,23-,24-,25-,26+,29-,30+,31-,32-/m1/s1. The molecule has 38 heavy (non-hydrogen) atoms. The summed E-state index contributed by atoms with van der Waals surface area (Å²) in [6.45, 7) is 15.2. The third-order valence-corrected chi connectivity index (χ3v) is 14.5. The Kier molecular flexibility index (Phi) is 5.23. The van der Waals surface area contributed by atoms with Crippen LogP contribution in [0.2, 0.25) is 0 Å². The Hall–Kier alpha value is -0.690. The molecule has 0 aromatic rings. The van der Waals surface area contributed by atoms with Crippen LogP contribution in [0.1, 0.15) is 106 Å². The molecule has 2 N–H and O–H groups in total. The first-order chi connectivity index (χ1) is 17.6. The topological polar surface area (TPSA) is 88.5 Å². The molecule has 7 aliphatic rings. The lowest BCUT2D eigenvalue weighted by atomic mass is 9.37. The molecule has 7 fully saturated rings. The predicted molar refractivity (Wildman–Crippen MR) is 142 cm³/mol. The zero-order valence-corrected chi connectivity index (χ0v) is 24.6. The van der Waals surface area contributed by atoms with Gasteiger partial charge in [0.2, 0.25) is 0 Å². The van der Waals surface area contributed by atoms with Gasteiger partial charge in [0.15, 0.2) is 6.29 Å². The average molecular weight is 531 g/mol. The Morgan fingerprint density at radius 2 is 1.63 bits per heavy atom. The smallest absolute Gasteiger partial charge is 0.302 e. The fraction of sp³-hybridized carbons (Fsp3) is 0.969. The molecule has 0 spiro atoms. The van der Waals surface area contributed by atoms with Crippen molar-refractivity contribution in [2.24, 2.45) is 50.7 Å². The maximum Gasteiger partial charge on any atom is 0.302 e. The largest absolute Gasteiger partial charge is 0.462 e. The minimum Gasteiger partial charge on any atom is -0.462 e. The number of hydrogen-bond donors (Lipinski definition) is 2. The van der Waals surface area contributed by atoms with Crippen molar-refractivity contribution in [3.8, 4) is 0 Å². The van der Waals surface area contributed by atoms with E-state index < -0.39 is 6.29 Å². The predicted octanol–water partition coefficient (Wildman–Crippen LogP) is 5.23. The van der Waals surface area contributed by atoms with Crippen molar-refractivity contribution in [3.63, 3.8) is 0 Å². The van der Waals surface area contributed by atoms with E-state index in [2.05, 4.69) is 41.5 Å². The van der Waals surface area contributed by atoms with Gasteiger partial charge < -0.3 is 24.4 Å². The molecule has 13 atom stereocenters. The van der Waals surface area contributed by atoms with Crippen LogP contribution in [0, 0.1) is 50.7 Å². The highest BCUT2D eigenvalue weighted by molar-refractivity contribution is 5.66. The van der Waals surface area contributed by atoms with E-state index in [1.807, 2.05) is 0 Å². The molecule has 0 aromatic carbocycles. The minimum atomic E-state index is -0.697. The second kappa shape index (κ2) is 7.57.